The predicted molar refractivity (Wildman–Crippen MR) is 78.5 cm³/mol. The molecule has 0 aliphatic heterocycles. The molecule has 0 spiro atoms. The molecule has 0 aliphatic carbocycles. The molecule has 2 atom stereocenters. The molecule has 0 radical (unpaired) electrons. The summed E-state index contributed by atoms with van der Waals surface area (Å²) in [5.41, 5.74) is 6.91. The van der Waals surface area contributed by atoms with Gasteiger partial charge in [0.15, 0.2) is 0 Å². The van der Waals surface area contributed by atoms with Crippen molar-refractivity contribution >= 4 is 23.2 Å². The maximum Gasteiger partial charge on any atom is 0.0805 e. The summed E-state index contributed by atoms with van der Waals surface area (Å²) in [4.78, 5) is 0. The molecule has 1 aromatic rings. The summed E-state index contributed by atoms with van der Waals surface area (Å²) in [6, 6.07) is 5.51. The summed E-state index contributed by atoms with van der Waals surface area (Å²) in [5.74, 6) is 0. The van der Waals surface area contributed by atoms with Gasteiger partial charge in [0.1, 0.15) is 0 Å². The normalized spacial score (nSPS) is 16.3. The van der Waals surface area contributed by atoms with Crippen molar-refractivity contribution in [2.75, 3.05) is 6.61 Å². The maximum atomic E-state index is 6.27. The Morgan fingerprint density at radius 2 is 2.00 bits per heavy atom. The second kappa shape index (κ2) is 6.76. The average molecular weight is 290 g/mol. The molecule has 0 fully saturated rings. The van der Waals surface area contributed by atoms with Crippen LogP contribution >= 0.6 is 23.2 Å². The fourth-order valence-electron chi connectivity index (χ4n) is 1.96. The van der Waals surface area contributed by atoms with Gasteiger partial charge in [0.25, 0.3) is 0 Å². The lowest BCUT2D eigenvalue weighted by molar-refractivity contribution is -0.0461. The van der Waals surface area contributed by atoms with E-state index >= 15 is 0 Å². The molecule has 0 saturated heterocycles. The molecule has 1 aromatic carbocycles. The fourth-order valence-corrected chi connectivity index (χ4v) is 2.36. The van der Waals surface area contributed by atoms with Gasteiger partial charge in [-0.05, 0) is 38.3 Å². The monoisotopic (exact) mass is 289 g/mol. The summed E-state index contributed by atoms with van der Waals surface area (Å²) in [6.45, 7) is 6.75. The zero-order chi connectivity index (χ0) is 13.8. The summed E-state index contributed by atoms with van der Waals surface area (Å²) in [5, 5.41) is 1.15. The minimum absolute atomic E-state index is 0.113. The lowest BCUT2D eigenvalue weighted by atomic mass is 9.89. The molecule has 102 valence electrons. The molecule has 0 aliphatic rings. The first-order valence-electron chi connectivity index (χ1n) is 6.27. The van der Waals surface area contributed by atoms with Gasteiger partial charge in [0, 0.05) is 12.6 Å². The highest BCUT2D eigenvalue weighted by atomic mass is 35.5. The van der Waals surface area contributed by atoms with Gasteiger partial charge in [-0.15, -0.1) is 0 Å². The third-order valence-corrected chi connectivity index (χ3v) is 4.29. The van der Waals surface area contributed by atoms with Crippen molar-refractivity contribution in [1.29, 1.82) is 0 Å². The van der Waals surface area contributed by atoms with E-state index in [9.17, 15) is 0 Å². The first kappa shape index (κ1) is 15.8. The van der Waals surface area contributed by atoms with Crippen LogP contribution in [0.2, 0.25) is 10.0 Å². The second-order valence-corrected chi connectivity index (χ2v) is 5.41. The van der Waals surface area contributed by atoms with Crippen LogP contribution in [0.3, 0.4) is 0 Å². The van der Waals surface area contributed by atoms with Crippen molar-refractivity contribution in [2.45, 2.75) is 45.3 Å². The van der Waals surface area contributed by atoms with E-state index in [1.165, 1.54) is 0 Å². The first-order valence-corrected chi connectivity index (χ1v) is 7.02. The van der Waals surface area contributed by atoms with Crippen LogP contribution in [0, 0.1) is 0 Å². The zero-order valence-corrected chi connectivity index (χ0v) is 12.7. The Hall–Kier alpha value is -0.280. The first-order chi connectivity index (χ1) is 8.44. The Kier molecular flexibility index (Phi) is 5.93. The third kappa shape index (κ3) is 3.61. The van der Waals surface area contributed by atoms with Crippen LogP contribution in [-0.2, 0) is 11.2 Å². The highest BCUT2D eigenvalue weighted by molar-refractivity contribution is 6.42. The predicted octanol–water partition coefficient (Wildman–Crippen LogP) is 4.07. The fraction of sp³-hybridized carbons (Fsp3) is 0.571. The van der Waals surface area contributed by atoms with Crippen molar-refractivity contribution in [3.05, 3.63) is 33.8 Å². The van der Waals surface area contributed by atoms with Crippen molar-refractivity contribution in [3.8, 4) is 0 Å². The van der Waals surface area contributed by atoms with Gasteiger partial charge in [-0.3, -0.25) is 0 Å². The molecule has 2 nitrogen and oxygen atoms in total. The summed E-state index contributed by atoms with van der Waals surface area (Å²) in [6.07, 6.45) is 1.52. The van der Waals surface area contributed by atoms with Crippen LogP contribution in [0.1, 0.15) is 32.8 Å². The van der Waals surface area contributed by atoms with Crippen LogP contribution in [-0.4, -0.2) is 18.2 Å². The molecule has 0 saturated carbocycles. The van der Waals surface area contributed by atoms with Crippen LogP contribution in [0.5, 0.6) is 0 Å². The molecular weight excluding hydrogens is 269 g/mol. The second-order valence-electron chi connectivity index (χ2n) is 4.62. The van der Waals surface area contributed by atoms with Crippen LogP contribution in [0.25, 0.3) is 0 Å². The number of halogens is 2. The molecule has 1 rings (SSSR count). The number of hydrogen-bond acceptors (Lipinski definition) is 2. The summed E-state index contributed by atoms with van der Waals surface area (Å²) >= 11 is 12.2. The van der Waals surface area contributed by atoms with Crippen molar-refractivity contribution < 1.29 is 4.74 Å². The molecule has 0 aromatic heterocycles. The number of hydrogen-bond donors (Lipinski definition) is 1. The highest BCUT2D eigenvalue weighted by Crippen LogP contribution is 2.29. The van der Waals surface area contributed by atoms with Gasteiger partial charge in [-0.2, -0.15) is 0 Å². The van der Waals surface area contributed by atoms with Gasteiger partial charge in [-0.1, -0.05) is 42.3 Å². The molecule has 0 amide bonds. The quantitative estimate of drug-likeness (QED) is 0.857. The van der Waals surface area contributed by atoms with Crippen LogP contribution < -0.4 is 5.73 Å². The van der Waals surface area contributed by atoms with Gasteiger partial charge in [0.2, 0.25) is 0 Å². The van der Waals surface area contributed by atoms with Crippen molar-refractivity contribution in [1.82, 2.24) is 0 Å². The van der Waals surface area contributed by atoms with Gasteiger partial charge in [0.05, 0.1) is 15.6 Å². The summed E-state index contributed by atoms with van der Waals surface area (Å²) in [7, 11) is 0. The zero-order valence-electron chi connectivity index (χ0n) is 11.2. The van der Waals surface area contributed by atoms with Gasteiger partial charge >= 0.3 is 0 Å². The standard InChI is InChI=1S/C14H21Cl2NO/c1-4-14(3,18-5-2)12(17)9-10-7-6-8-11(15)13(10)16/h6-8,12H,4-5,9,17H2,1-3H3. The molecular formula is C14H21Cl2NO. The Morgan fingerprint density at radius 3 is 2.56 bits per heavy atom. The molecule has 0 heterocycles. The highest BCUT2D eigenvalue weighted by Gasteiger charge is 2.31. The molecule has 2 N–H and O–H groups in total. The Labute approximate surface area is 119 Å². The van der Waals surface area contributed by atoms with Crippen molar-refractivity contribution in [2.24, 2.45) is 5.73 Å². The van der Waals surface area contributed by atoms with E-state index in [1.807, 2.05) is 26.0 Å². The Morgan fingerprint density at radius 1 is 1.33 bits per heavy atom. The maximum absolute atomic E-state index is 6.27. The smallest absolute Gasteiger partial charge is 0.0805 e. The minimum Gasteiger partial charge on any atom is -0.374 e. The van der Waals surface area contributed by atoms with E-state index in [0.29, 0.717) is 23.1 Å². The van der Waals surface area contributed by atoms with Gasteiger partial charge < -0.3 is 10.5 Å². The lowest BCUT2D eigenvalue weighted by Gasteiger charge is -2.34. The number of rotatable bonds is 6. The number of nitrogens with two attached hydrogens (primary N) is 1. The van der Waals surface area contributed by atoms with Crippen molar-refractivity contribution in [3.63, 3.8) is 0 Å². The average Bonchev–Trinajstić information content (AvgIpc) is 2.35. The number of ether oxygens (including phenoxy) is 1. The van der Waals surface area contributed by atoms with E-state index in [2.05, 4.69) is 6.92 Å². The summed E-state index contributed by atoms with van der Waals surface area (Å²) < 4.78 is 5.78. The largest absolute Gasteiger partial charge is 0.374 e. The molecule has 0 bridgehead atoms. The number of benzene rings is 1. The third-order valence-electron chi connectivity index (χ3n) is 3.43. The Balaban J connectivity index is 2.86. The van der Waals surface area contributed by atoms with E-state index in [0.717, 1.165) is 12.0 Å². The Bertz CT molecular complexity index is 397. The lowest BCUT2D eigenvalue weighted by Crippen LogP contribution is -2.48. The topological polar surface area (TPSA) is 35.2 Å². The van der Waals surface area contributed by atoms with E-state index in [-0.39, 0.29) is 11.6 Å². The minimum atomic E-state index is -0.333. The van der Waals surface area contributed by atoms with Gasteiger partial charge in [-0.25, -0.2) is 0 Å². The van der Waals surface area contributed by atoms with Crippen LogP contribution in [0.4, 0.5) is 0 Å². The van der Waals surface area contributed by atoms with E-state index in [1.54, 1.807) is 6.07 Å². The van der Waals surface area contributed by atoms with E-state index in [4.69, 9.17) is 33.7 Å². The molecule has 2 unspecified atom stereocenters. The SMILES string of the molecule is CCOC(C)(CC)C(N)Cc1cccc(Cl)c1Cl. The van der Waals surface area contributed by atoms with Crippen LogP contribution in [0.15, 0.2) is 18.2 Å². The molecule has 4 heteroatoms. The molecule has 18 heavy (non-hydrogen) atoms. The van der Waals surface area contributed by atoms with E-state index < -0.39 is 0 Å².